The van der Waals surface area contributed by atoms with Crippen LogP contribution in [0.3, 0.4) is 0 Å². The number of nitrogens with one attached hydrogen (secondary N) is 1. The van der Waals surface area contributed by atoms with Gasteiger partial charge in [-0.3, -0.25) is 9.59 Å². The van der Waals surface area contributed by atoms with Crippen molar-refractivity contribution in [1.29, 1.82) is 0 Å². The van der Waals surface area contributed by atoms with E-state index in [2.05, 4.69) is 10.2 Å². The monoisotopic (exact) mass is 331 g/mol. The molecule has 0 bridgehead atoms. The van der Waals surface area contributed by atoms with Crippen LogP contribution in [0.2, 0.25) is 0 Å². The summed E-state index contributed by atoms with van der Waals surface area (Å²) in [4.78, 5) is 28.0. The number of anilines is 2. The summed E-state index contributed by atoms with van der Waals surface area (Å²) >= 11 is 0. The van der Waals surface area contributed by atoms with E-state index in [1.807, 2.05) is 45.0 Å². The number of amides is 2. The first kappa shape index (κ1) is 18.3. The lowest BCUT2D eigenvalue weighted by atomic mass is 10.1. The molecule has 1 aliphatic rings. The number of nitrogens with zero attached hydrogens (tertiary/aromatic N) is 2. The Morgan fingerprint density at radius 1 is 1.08 bits per heavy atom. The fraction of sp³-hybridized carbons (Fsp3) is 0.579. The van der Waals surface area contributed by atoms with Gasteiger partial charge >= 0.3 is 0 Å². The molecule has 1 fully saturated rings. The summed E-state index contributed by atoms with van der Waals surface area (Å²) in [5.74, 6) is -0.289. The molecular formula is C19H29N3O2. The Labute approximate surface area is 145 Å². The fourth-order valence-electron chi connectivity index (χ4n) is 2.98. The third kappa shape index (κ3) is 5.25. The lowest BCUT2D eigenvalue weighted by molar-refractivity contribution is -0.124. The largest absolute Gasteiger partial charge is 0.372 e. The third-order valence-corrected chi connectivity index (χ3v) is 4.08. The van der Waals surface area contributed by atoms with E-state index in [0.29, 0.717) is 0 Å². The van der Waals surface area contributed by atoms with E-state index in [4.69, 9.17) is 0 Å². The van der Waals surface area contributed by atoms with E-state index < -0.39 is 0 Å². The van der Waals surface area contributed by atoms with E-state index >= 15 is 0 Å². The molecule has 5 nitrogen and oxygen atoms in total. The molecule has 0 unspecified atom stereocenters. The molecule has 0 atom stereocenters. The van der Waals surface area contributed by atoms with Crippen molar-refractivity contribution >= 4 is 23.2 Å². The number of carbonyl (C=O) groups is 2. The van der Waals surface area contributed by atoms with Gasteiger partial charge in [-0.1, -0.05) is 0 Å². The molecule has 5 heteroatoms. The predicted octanol–water partition coefficient (Wildman–Crippen LogP) is 2.94. The highest BCUT2D eigenvalue weighted by Crippen LogP contribution is 2.23. The van der Waals surface area contributed by atoms with Crippen LogP contribution in [0.4, 0.5) is 11.4 Å². The van der Waals surface area contributed by atoms with Gasteiger partial charge in [-0.25, -0.2) is 0 Å². The van der Waals surface area contributed by atoms with Gasteiger partial charge < -0.3 is 15.1 Å². The van der Waals surface area contributed by atoms with Crippen molar-refractivity contribution < 1.29 is 9.59 Å². The van der Waals surface area contributed by atoms with E-state index in [-0.39, 0.29) is 23.9 Å². The van der Waals surface area contributed by atoms with E-state index in [1.165, 1.54) is 36.8 Å². The Bertz CT molecular complexity index is 569. The summed E-state index contributed by atoms with van der Waals surface area (Å²) in [5, 5.41) is 2.90. The van der Waals surface area contributed by atoms with E-state index in [0.717, 1.165) is 18.8 Å². The number of carbonyl (C=O) groups excluding carboxylic acids is 2. The molecule has 0 spiro atoms. The van der Waals surface area contributed by atoms with Crippen molar-refractivity contribution in [3.05, 3.63) is 24.3 Å². The third-order valence-electron chi connectivity index (χ3n) is 4.08. The molecule has 132 valence electrons. The highest BCUT2D eigenvalue weighted by molar-refractivity contribution is 5.97. The summed E-state index contributed by atoms with van der Waals surface area (Å²) in [5.41, 5.74) is 1.63. The second-order valence-corrected chi connectivity index (χ2v) is 7.47. The Morgan fingerprint density at radius 3 is 2.17 bits per heavy atom. The molecule has 1 heterocycles. The molecule has 1 saturated heterocycles. The van der Waals surface area contributed by atoms with Crippen LogP contribution in [0.15, 0.2) is 24.3 Å². The first-order valence-electron chi connectivity index (χ1n) is 8.70. The quantitative estimate of drug-likeness (QED) is 0.923. The Hall–Kier alpha value is -2.04. The number of hydrogen-bond acceptors (Lipinski definition) is 3. The van der Waals surface area contributed by atoms with Crippen molar-refractivity contribution in [2.75, 3.05) is 29.4 Å². The lowest BCUT2D eigenvalue weighted by Gasteiger charge is -2.29. The molecule has 1 N–H and O–H groups in total. The summed E-state index contributed by atoms with van der Waals surface area (Å²) in [6.45, 7) is 9.48. The maximum atomic E-state index is 12.1. The number of rotatable bonds is 4. The topological polar surface area (TPSA) is 52.7 Å². The second kappa shape index (κ2) is 7.69. The molecule has 1 aromatic rings. The average molecular weight is 331 g/mol. The summed E-state index contributed by atoms with van der Waals surface area (Å²) < 4.78 is 0. The van der Waals surface area contributed by atoms with Gasteiger partial charge in [0.1, 0.15) is 6.54 Å². The minimum absolute atomic E-state index is 0.0374. The van der Waals surface area contributed by atoms with Crippen LogP contribution in [-0.2, 0) is 9.59 Å². The zero-order valence-corrected chi connectivity index (χ0v) is 15.3. The van der Waals surface area contributed by atoms with Crippen LogP contribution in [-0.4, -0.2) is 37.0 Å². The van der Waals surface area contributed by atoms with Crippen LogP contribution in [0.1, 0.15) is 47.0 Å². The van der Waals surface area contributed by atoms with Gasteiger partial charge in [-0.2, -0.15) is 0 Å². The molecule has 0 radical (unpaired) electrons. The van der Waals surface area contributed by atoms with Crippen molar-refractivity contribution in [3.8, 4) is 0 Å². The van der Waals surface area contributed by atoms with Crippen molar-refractivity contribution in [1.82, 2.24) is 5.32 Å². The zero-order valence-electron chi connectivity index (χ0n) is 15.3. The van der Waals surface area contributed by atoms with Crippen LogP contribution < -0.4 is 15.1 Å². The molecular weight excluding hydrogens is 302 g/mol. The van der Waals surface area contributed by atoms with Crippen molar-refractivity contribution in [2.24, 2.45) is 0 Å². The maximum Gasteiger partial charge on any atom is 0.240 e. The smallest absolute Gasteiger partial charge is 0.240 e. The highest BCUT2D eigenvalue weighted by atomic mass is 16.2. The van der Waals surface area contributed by atoms with E-state index in [1.54, 1.807) is 0 Å². The van der Waals surface area contributed by atoms with Gasteiger partial charge in [0.05, 0.1) is 0 Å². The molecule has 0 saturated carbocycles. The first-order chi connectivity index (χ1) is 11.3. The molecule has 2 rings (SSSR count). The molecule has 1 aromatic carbocycles. The van der Waals surface area contributed by atoms with Crippen molar-refractivity contribution in [2.45, 2.75) is 52.5 Å². The van der Waals surface area contributed by atoms with Gasteiger partial charge in [-0.05, 0) is 64.3 Å². The zero-order chi connectivity index (χ0) is 17.7. The van der Waals surface area contributed by atoms with Crippen molar-refractivity contribution in [3.63, 3.8) is 0 Å². The fourth-order valence-corrected chi connectivity index (χ4v) is 2.98. The van der Waals surface area contributed by atoms with Crippen LogP contribution >= 0.6 is 0 Å². The van der Waals surface area contributed by atoms with Crippen LogP contribution in [0.5, 0.6) is 0 Å². The summed E-state index contributed by atoms with van der Waals surface area (Å²) in [7, 11) is 0. The lowest BCUT2D eigenvalue weighted by Crippen LogP contribution is -2.47. The van der Waals surface area contributed by atoms with Crippen LogP contribution in [0, 0.1) is 0 Å². The minimum atomic E-state index is -0.308. The molecule has 2 amide bonds. The molecule has 24 heavy (non-hydrogen) atoms. The Morgan fingerprint density at radius 2 is 1.67 bits per heavy atom. The van der Waals surface area contributed by atoms with Gasteiger partial charge in [0.25, 0.3) is 0 Å². The molecule has 0 aromatic heterocycles. The SMILES string of the molecule is CC(=O)N(CC(=O)NC(C)(C)C)c1ccc(N2CCCCC2)cc1. The van der Waals surface area contributed by atoms with Gasteiger partial charge in [-0.15, -0.1) is 0 Å². The van der Waals surface area contributed by atoms with Gasteiger partial charge in [0, 0.05) is 36.9 Å². The highest BCUT2D eigenvalue weighted by Gasteiger charge is 2.20. The van der Waals surface area contributed by atoms with E-state index in [9.17, 15) is 9.59 Å². The van der Waals surface area contributed by atoms with Gasteiger partial charge in [0.2, 0.25) is 11.8 Å². The average Bonchev–Trinajstić information content (AvgIpc) is 2.52. The first-order valence-corrected chi connectivity index (χ1v) is 8.70. The normalized spacial score (nSPS) is 15.1. The summed E-state index contributed by atoms with van der Waals surface area (Å²) in [6, 6.07) is 7.93. The van der Waals surface area contributed by atoms with Gasteiger partial charge in [0.15, 0.2) is 0 Å². The predicted molar refractivity (Wildman–Crippen MR) is 98.4 cm³/mol. The maximum absolute atomic E-state index is 12.1. The second-order valence-electron chi connectivity index (χ2n) is 7.47. The molecule has 1 aliphatic heterocycles. The Balaban J connectivity index is 2.07. The standard InChI is InChI=1S/C19H29N3O2/c1-15(23)22(14-18(24)20-19(2,3)4)17-10-8-16(9-11-17)21-12-6-5-7-13-21/h8-11H,5-7,12-14H2,1-4H3,(H,20,24). The number of benzene rings is 1. The minimum Gasteiger partial charge on any atom is -0.372 e. The van der Waals surface area contributed by atoms with Crippen LogP contribution in [0.25, 0.3) is 0 Å². The number of hydrogen-bond donors (Lipinski definition) is 1. The number of piperidine rings is 1. The molecule has 0 aliphatic carbocycles. The Kier molecular flexibility index (Phi) is 5.86. The summed E-state index contributed by atoms with van der Waals surface area (Å²) in [6.07, 6.45) is 3.76.